The first-order valence-electron chi connectivity index (χ1n) is 8.97. The van der Waals surface area contributed by atoms with Crippen LogP contribution < -0.4 is 10.6 Å². The van der Waals surface area contributed by atoms with E-state index in [9.17, 15) is 0 Å². The lowest BCUT2D eigenvalue weighted by Crippen LogP contribution is -2.47. The van der Waals surface area contributed by atoms with Gasteiger partial charge in [0.2, 0.25) is 0 Å². The lowest BCUT2D eigenvalue weighted by molar-refractivity contribution is 0.192. The molecule has 7 heteroatoms. The van der Waals surface area contributed by atoms with E-state index in [1.54, 1.807) is 4.88 Å². The summed E-state index contributed by atoms with van der Waals surface area (Å²) < 4.78 is 0. The second-order valence-corrected chi connectivity index (χ2v) is 7.34. The third kappa shape index (κ3) is 5.92. The number of hydrogen-bond donors (Lipinski definition) is 2. The molecule has 2 aromatic heterocycles. The van der Waals surface area contributed by atoms with Gasteiger partial charge in [-0.3, -0.25) is 9.88 Å². The van der Waals surface area contributed by atoms with Gasteiger partial charge in [-0.2, -0.15) is 0 Å². The topological polar surface area (TPSA) is 52.6 Å². The molecular formula is C19H28IN5S. The quantitative estimate of drug-likeness (QED) is 0.375. The number of aliphatic imine (C=N–C) groups is 1. The smallest absolute Gasteiger partial charge is 0.191 e. The predicted molar refractivity (Wildman–Crippen MR) is 120 cm³/mol. The molecule has 0 saturated heterocycles. The summed E-state index contributed by atoms with van der Waals surface area (Å²) in [5.41, 5.74) is 2.48. The Morgan fingerprint density at radius 3 is 3.00 bits per heavy atom. The highest BCUT2D eigenvalue weighted by Gasteiger charge is 2.21. The SMILES string of the molecule is CCNC(=NCc1ccccn1)NCC(C)N1CCc2sccc2C1.I. The molecule has 1 unspecified atom stereocenters. The molecule has 1 atom stereocenters. The molecule has 1 aliphatic rings. The van der Waals surface area contributed by atoms with Crippen LogP contribution in [0.15, 0.2) is 40.8 Å². The second kappa shape index (κ2) is 10.8. The van der Waals surface area contributed by atoms with Gasteiger partial charge in [-0.05, 0) is 49.4 Å². The minimum Gasteiger partial charge on any atom is -0.357 e. The number of halogens is 1. The number of nitrogens with zero attached hydrogens (tertiary/aromatic N) is 3. The fourth-order valence-corrected chi connectivity index (χ4v) is 3.90. The van der Waals surface area contributed by atoms with E-state index >= 15 is 0 Å². The molecule has 0 amide bonds. The van der Waals surface area contributed by atoms with E-state index in [0.717, 1.165) is 37.8 Å². The van der Waals surface area contributed by atoms with Gasteiger partial charge >= 0.3 is 0 Å². The van der Waals surface area contributed by atoms with Gasteiger partial charge in [-0.25, -0.2) is 4.99 Å². The van der Waals surface area contributed by atoms with Crippen LogP contribution in [0.25, 0.3) is 0 Å². The van der Waals surface area contributed by atoms with Crippen molar-refractivity contribution in [3.8, 4) is 0 Å². The summed E-state index contributed by atoms with van der Waals surface area (Å²) in [5, 5.41) is 9.01. The first-order chi connectivity index (χ1) is 12.3. The molecule has 3 heterocycles. The van der Waals surface area contributed by atoms with Crippen molar-refractivity contribution in [3.63, 3.8) is 0 Å². The van der Waals surface area contributed by atoms with Gasteiger partial charge in [0.05, 0.1) is 12.2 Å². The van der Waals surface area contributed by atoms with Gasteiger partial charge in [-0.15, -0.1) is 35.3 Å². The van der Waals surface area contributed by atoms with Crippen molar-refractivity contribution >= 4 is 41.3 Å². The average Bonchev–Trinajstić information content (AvgIpc) is 3.12. The Morgan fingerprint density at radius 2 is 2.23 bits per heavy atom. The van der Waals surface area contributed by atoms with Gasteiger partial charge in [0.15, 0.2) is 5.96 Å². The Morgan fingerprint density at radius 1 is 1.35 bits per heavy atom. The Balaban J connectivity index is 0.00000243. The van der Waals surface area contributed by atoms with E-state index in [4.69, 9.17) is 0 Å². The molecule has 0 bridgehead atoms. The van der Waals surface area contributed by atoms with Gasteiger partial charge in [0.25, 0.3) is 0 Å². The maximum Gasteiger partial charge on any atom is 0.191 e. The van der Waals surface area contributed by atoms with Crippen LogP contribution in [-0.4, -0.2) is 41.5 Å². The molecule has 2 N–H and O–H groups in total. The maximum absolute atomic E-state index is 4.64. The van der Waals surface area contributed by atoms with Crippen molar-refractivity contribution in [2.75, 3.05) is 19.6 Å². The monoisotopic (exact) mass is 485 g/mol. The molecule has 0 aromatic carbocycles. The van der Waals surface area contributed by atoms with E-state index < -0.39 is 0 Å². The summed E-state index contributed by atoms with van der Waals surface area (Å²) >= 11 is 1.89. The zero-order valence-corrected chi connectivity index (χ0v) is 18.6. The number of thiophene rings is 1. The highest BCUT2D eigenvalue weighted by atomic mass is 127. The van der Waals surface area contributed by atoms with Crippen LogP contribution in [0.4, 0.5) is 0 Å². The zero-order valence-electron chi connectivity index (χ0n) is 15.4. The van der Waals surface area contributed by atoms with Crippen LogP contribution >= 0.6 is 35.3 Å². The van der Waals surface area contributed by atoms with Crippen molar-refractivity contribution in [2.24, 2.45) is 4.99 Å². The van der Waals surface area contributed by atoms with Gasteiger partial charge in [-0.1, -0.05) is 6.07 Å². The first-order valence-corrected chi connectivity index (χ1v) is 9.85. The Bertz CT molecular complexity index is 688. The Kier molecular flexibility index (Phi) is 8.80. The standard InChI is InChI=1S/C19H27N5S.HI/c1-3-20-19(23-13-17-6-4-5-9-21-17)22-12-15(2)24-10-7-18-16(14-24)8-11-25-18;/h4-6,8-9,11,15H,3,7,10,12-14H2,1-2H3,(H2,20,22,23);1H. The van der Waals surface area contributed by atoms with E-state index in [1.165, 1.54) is 12.0 Å². The van der Waals surface area contributed by atoms with Gasteiger partial charge in [0, 0.05) is 43.3 Å². The fraction of sp³-hybridized carbons (Fsp3) is 0.474. The van der Waals surface area contributed by atoms with Crippen molar-refractivity contribution < 1.29 is 0 Å². The summed E-state index contributed by atoms with van der Waals surface area (Å²) in [4.78, 5) is 13.1. The Hall–Kier alpha value is -1.19. The van der Waals surface area contributed by atoms with E-state index in [0.29, 0.717) is 12.6 Å². The highest BCUT2D eigenvalue weighted by molar-refractivity contribution is 14.0. The normalized spacial score (nSPS) is 15.7. The minimum atomic E-state index is 0. The first kappa shape index (κ1) is 21.1. The second-order valence-electron chi connectivity index (χ2n) is 6.34. The molecular weight excluding hydrogens is 457 g/mol. The lowest BCUT2D eigenvalue weighted by atomic mass is 10.1. The van der Waals surface area contributed by atoms with Gasteiger partial charge < -0.3 is 10.6 Å². The number of rotatable bonds is 6. The van der Waals surface area contributed by atoms with Crippen LogP contribution in [0.5, 0.6) is 0 Å². The third-order valence-electron chi connectivity index (χ3n) is 4.49. The number of fused-ring (bicyclic) bond motifs is 1. The summed E-state index contributed by atoms with van der Waals surface area (Å²) in [7, 11) is 0. The molecule has 0 spiro atoms. The van der Waals surface area contributed by atoms with Crippen molar-refractivity contribution in [2.45, 2.75) is 39.4 Å². The molecule has 0 fully saturated rings. The Labute approximate surface area is 177 Å². The molecule has 0 aliphatic carbocycles. The minimum absolute atomic E-state index is 0. The summed E-state index contributed by atoms with van der Waals surface area (Å²) in [6.45, 7) is 8.89. The van der Waals surface area contributed by atoms with E-state index in [2.05, 4.69) is 50.8 Å². The summed E-state index contributed by atoms with van der Waals surface area (Å²) in [5.74, 6) is 0.855. The summed E-state index contributed by atoms with van der Waals surface area (Å²) in [6.07, 6.45) is 2.98. The van der Waals surface area contributed by atoms with Crippen LogP contribution in [0.3, 0.4) is 0 Å². The molecule has 0 radical (unpaired) electrons. The fourth-order valence-electron chi connectivity index (χ4n) is 3.01. The molecule has 142 valence electrons. The van der Waals surface area contributed by atoms with Crippen LogP contribution in [-0.2, 0) is 19.5 Å². The third-order valence-corrected chi connectivity index (χ3v) is 5.52. The predicted octanol–water partition coefficient (Wildman–Crippen LogP) is 3.26. The molecule has 2 aromatic rings. The van der Waals surface area contributed by atoms with Crippen molar-refractivity contribution in [3.05, 3.63) is 52.0 Å². The number of guanidine groups is 1. The van der Waals surface area contributed by atoms with E-state index in [1.807, 2.05) is 35.7 Å². The molecule has 0 saturated carbocycles. The maximum atomic E-state index is 4.64. The van der Waals surface area contributed by atoms with Crippen LogP contribution in [0, 0.1) is 0 Å². The number of pyridine rings is 1. The molecule has 5 nitrogen and oxygen atoms in total. The summed E-state index contributed by atoms with van der Waals surface area (Å²) in [6, 6.07) is 8.66. The number of hydrogen-bond acceptors (Lipinski definition) is 4. The zero-order chi connectivity index (χ0) is 17.5. The molecule has 26 heavy (non-hydrogen) atoms. The van der Waals surface area contributed by atoms with Gasteiger partial charge in [0.1, 0.15) is 0 Å². The van der Waals surface area contributed by atoms with Crippen molar-refractivity contribution in [1.29, 1.82) is 0 Å². The van der Waals surface area contributed by atoms with Crippen LogP contribution in [0.2, 0.25) is 0 Å². The molecule has 3 rings (SSSR count). The number of nitrogens with one attached hydrogen (secondary N) is 2. The molecule has 1 aliphatic heterocycles. The van der Waals surface area contributed by atoms with E-state index in [-0.39, 0.29) is 24.0 Å². The number of aromatic nitrogens is 1. The largest absolute Gasteiger partial charge is 0.357 e. The highest BCUT2D eigenvalue weighted by Crippen LogP contribution is 2.24. The lowest BCUT2D eigenvalue weighted by Gasteiger charge is -2.32. The average molecular weight is 485 g/mol. The van der Waals surface area contributed by atoms with Crippen LogP contribution in [0.1, 0.15) is 30.0 Å². The van der Waals surface area contributed by atoms with Crippen molar-refractivity contribution in [1.82, 2.24) is 20.5 Å².